The maximum atomic E-state index is 12.2. The van der Waals surface area contributed by atoms with Crippen molar-refractivity contribution in [3.63, 3.8) is 0 Å². The minimum atomic E-state index is 0.0406. The van der Waals surface area contributed by atoms with Crippen molar-refractivity contribution in [3.05, 3.63) is 65.0 Å². The summed E-state index contributed by atoms with van der Waals surface area (Å²) >= 11 is 0. The van der Waals surface area contributed by atoms with Crippen molar-refractivity contribution in [2.45, 2.75) is 39.2 Å². The van der Waals surface area contributed by atoms with Gasteiger partial charge in [0.05, 0.1) is 12.5 Å². The number of rotatable bonds is 5. The van der Waals surface area contributed by atoms with Crippen molar-refractivity contribution in [2.24, 2.45) is 5.92 Å². The molecule has 1 aromatic heterocycles. The van der Waals surface area contributed by atoms with Crippen LogP contribution < -0.4 is 5.32 Å². The highest BCUT2D eigenvalue weighted by molar-refractivity contribution is 5.78. The van der Waals surface area contributed by atoms with Gasteiger partial charge in [0.25, 0.3) is 0 Å². The first-order valence-electron chi connectivity index (χ1n) is 8.98. The maximum Gasteiger partial charge on any atom is 0.224 e. The van der Waals surface area contributed by atoms with Crippen LogP contribution in [0.15, 0.2) is 42.6 Å². The van der Waals surface area contributed by atoms with Crippen molar-refractivity contribution in [2.75, 3.05) is 13.2 Å². The summed E-state index contributed by atoms with van der Waals surface area (Å²) in [6.07, 6.45) is 4.33. The molecule has 0 unspecified atom stereocenters. The van der Waals surface area contributed by atoms with Crippen molar-refractivity contribution in [3.8, 4) is 0 Å². The first-order valence-corrected chi connectivity index (χ1v) is 8.98. The number of aryl methyl sites for hydroxylation is 2. The van der Waals surface area contributed by atoms with E-state index in [0.717, 1.165) is 30.7 Å². The van der Waals surface area contributed by atoms with E-state index in [1.807, 2.05) is 19.1 Å². The summed E-state index contributed by atoms with van der Waals surface area (Å²) in [7, 11) is 0. The molecule has 1 amide bonds. The molecule has 3 rings (SSSR count). The first kappa shape index (κ1) is 17.6. The lowest BCUT2D eigenvalue weighted by atomic mass is 9.89. The number of nitrogens with zero attached hydrogens (tertiary/aromatic N) is 1. The van der Waals surface area contributed by atoms with Crippen LogP contribution in [0.4, 0.5) is 0 Å². The zero-order chi connectivity index (χ0) is 17.6. The Morgan fingerprint density at radius 1 is 1.20 bits per heavy atom. The van der Waals surface area contributed by atoms with Crippen LogP contribution >= 0.6 is 0 Å². The third-order valence-corrected chi connectivity index (χ3v) is 4.75. The van der Waals surface area contributed by atoms with Gasteiger partial charge < -0.3 is 10.1 Å². The Hall–Kier alpha value is -2.20. The van der Waals surface area contributed by atoms with Crippen LogP contribution in [-0.4, -0.2) is 24.0 Å². The fourth-order valence-electron chi connectivity index (χ4n) is 3.27. The van der Waals surface area contributed by atoms with Gasteiger partial charge in [-0.15, -0.1) is 0 Å². The minimum Gasteiger partial charge on any atom is -0.373 e. The normalized spacial score (nSPS) is 20.2. The molecule has 0 radical (unpaired) electrons. The van der Waals surface area contributed by atoms with Gasteiger partial charge in [-0.25, -0.2) is 0 Å². The molecule has 0 spiro atoms. The Kier molecular flexibility index (Phi) is 5.82. The van der Waals surface area contributed by atoms with Gasteiger partial charge in [0, 0.05) is 31.0 Å². The third kappa shape index (κ3) is 4.89. The molecule has 2 heterocycles. The fraction of sp³-hybridized carbons (Fsp3) is 0.429. The summed E-state index contributed by atoms with van der Waals surface area (Å²) in [4.78, 5) is 16.5. The highest BCUT2D eigenvalue weighted by Gasteiger charge is 2.27. The van der Waals surface area contributed by atoms with E-state index in [4.69, 9.17) is 4.74 Å². The van der Waals surface area contributed by atoms with Gasteiger partial charge in [-0.2, -0.15) is 0 Å². The Labute approximate surface area is 149 Å². The number of benzene rings is 1. The van der Waals surface area contributed by atoms with Gasteiger partial charge in [-0.1, -0.05) is 35.9 Å². The van der Waals surface area contributed by atoms with E-state index in [1.54, 1.807) is 6.20 Å². The van der Waals surface area contributed by atoms with Crippen LogP contribution in [0.5, 0.6) is 0 Å². The van der Waals surface area contributed by atoms with Crippen molar-refractivity contribution in [1.29, 1.82) is 0 Å². The molecule has 132 valence electrons. The molecule has 25 heavy (non-hydrogen) atoms. The molecular formula is C21H26N2O2. The molecule has 0 saturated carbocycles. The lowest BCUT2D eigenvalue weighted by Crippen LogP contribution is -2.35. The molecule has 2 atom stereocenters. The van der Waals surface area contributed by atoms with E-state index < -0.39 is 0 Å². The zero-order valence-corrected chi connectivity index (χ0v) is 15.0. The summed E-state index contributed by atoms with van der Waals surface area (Å²) in [5.41, 5.74) is 4.35. The second-order valence-electron chi connectivity index (χ2n) is 6.89. The molecule has 4 heteroatoms. The molecule has 1 aliphatic heterocycles. The van der Waals surface area contributed by atoms with Gasteiger partial charge in [0.15, 0.2) is 0 Å². The van der Waals surface area contributed by atoms with E-state index in [9.17, 15) is 4.79 Å². The molecule has 0 aliphatic carbocycles. The minimum absolute atomic E-state index is 0.0406. The fourth-order valence-corrected chi connectivity index (χ4v) is 3.27. The summed E-state index contributed by atoms with van der Waals surface area (Å²) in [5, 5.41) is 3.08. The Bertz CT molecular complexity index is 695. The molecule has 1 aromatic carbocycles. The first-order chi connectivity index (χ1) is 12.1. The van der Waals surface area contributed by atoms with E-state index in [-0.39, 0.29) is 12.0 Å². The van der Waals surface area contributed by atoms with Crippen LogP contribution in [0.3, 0.4) is 0 Å². The Balaban J connectivity index is 1.57. The van der Waals surface area contributed by atoms with Crippen molar-refractivity contribution in [1.82, 2.24) is 10.3 Å². The zero-order valence-electron chi connectivity index (χ0n) is 15.0. The van der Waals surface area contributed by atoms with Gasteiger partial charge in [0.2, 0.25) is 5.91 Å². The van der Waals surface area contributed by atoms with Crippen LogP contribution in [0, 0.1) is 19.8 Å². The molecule has 4 nitrogen and oxygen atoms in total. The molecule has 1 saturated heterocycles. The van der Waals surface area contributed by atoms with Crippen LogP contribution in [0.2, 0.25) is 0 Å². The summed E-state index contributed by atoms with van der Waals surface area (Å²) in [5.74, 6) is 0.357. The van der Waals surface area contributed by atoms with E-state index in [1.165, 1.54) is 11.1 Å². The molecular weight excluding hydrogens is 312 g/mol. The third-order valence-electron chi connectivity index (χ3n) is 4.75. The number of amides is 1. The highest BCUT2D eigenvalue weighted by Crippen LogP contribution is 2.33. The van der Waals surface area contributed by atoms with Crippen molar-refractivity contribution < 1.29 is 9.53 Å². The smallest absolute Gasteiger partial charge is 0.224 e. The second kappa shape index (κ2) is 8.26. The van der Waals surface area contributed by atoms with Gasteiger partial charge in [0.1, 0.15) is 0 Å². The highest BCUT2D eigenvalue weighted by atomic mass is 16.5. The van der Waals surface area contributed by atoms with Crippen LogP contribution in [0.25, 0.3) is 0 Å². The predicted octanol–water partition coefficient (Wildman–Crippen LogP) is 3.53. The molecule has 1 fully saturated rings. The lowest BCUT2D eigenvalue weighted by molar-refractivity contribution is -0.121. The molecule has 1 N–H and O–H groups in total. The number of nitrogens with one attached hydrogen (secondary N) is 1. The molecule has 0 bridgehead atoms. The summed E-state index contributed by atoms with van der Waals surface area (Å²) in [6.45, 7) is 5.47. The number of aromatic nitrogens is 1. The number of hydrogen-bond acceptors (Lipinski definition) is 3. The Morgan fingerprint density at radius 3 is 2.72 bits per heavy atom. The van der Waals surface area contributed by atoms with Gasteiger partial charge in [-0.3, -0.25) is 9.78 Å². The number of hydrogen-bond donors (Lipinski definition) is 1. The summed E-state index contributed by atoms with van der Waals surface area (Å²) in [6, 6.07) is 12.4. The maximum absolute atomic E-state index is 12.2. The largest absolute Gasteiger partial charge is 0.373 e. The second-order valence-corrected chi connectivity index (χ2v) is 6.89. The SMILES string of the molecule is Cc1ccc([C@H]2OCCC[C@@H]2CNC(=O)Cc2ccc(C)nc2)cc1. The average Bonchev–Trinajstić information content (AvgIpc) is 2.63. The molecule has 1 aliphatic rings. The van der Waals surface area contributed by atoms with E-state index in [2.05, 4.69) is 41.5 Å². The number of carbonyl (C=O) groups is 1. The number of ether oxygens (including phenoxy) is 1. The molecule has 2 aromatic rings. The quantitative estimate of drug-likeness (QED) is 0.907. The van der Waals surface area contributed by atoms with E-state index in [0.29, 0.717) is 18.9 Å². The van der Waals surface area contributed by atoms with Gasteiger partial charge in [-0.05, 0) is 43.9 Å². The average molecular weight is 338 g/mol. The van der Waals surface area contributed by atoms with E-state index >= 15 is 0 Å². The Morgan fingerprint density at radius 2 is 2.00 bits per heavy atom. The number of carbonyl (C=O) groups excluding carboxylic acids is 1. The summed E-state index contributed by atoms with van der Waals surface area (Å²) < 4.78 is 6.02. The van der Waals surface area contributed by atoms with Crippen LogP contribution in [0.1, 0.15) is 41.3 Å². The van der Waals surface area contributed by atoms with Crippen LogP contribution in [-0.2, 0) is 16.0 Å². The number of pyridine rings is 1. The van der Waals surface area contributed by atoms with Gasteiger partial charge >= 0.3 is 0 Å². The van der Waals surface area contributed by atoms with Crippen molar-refractivity contribution >= 4 is 5.91 Å². The topological polar surface area (TPSA) is 51.2 Å². The monoisotopic (exact) mass is 338 g/mol. The lowest BCUT2D eigenvalue weighted by Gasteiger charge is -2.32. The standard InChI is InChI=1S/C21H26N2O2/c1-15-5-9-18(10-6-15)21-19(4-3-11-25-21)14-23-20(24)12-17-8-7-16(2)22-13-17/h5-10,13,19,21H,3-4,11-12,14H2,1-2H3,(H,23,24)/t19-,21-/m1/s1. The predicted molar refractivity (Wildman–Crippen MR) is 98.3 cm³/mol.